The Labute approximate surface area is 149 Å². The summed E-state index contributed by atoms with van der Waals surface area (Å²) < 4.78 is 11.5. The summed E-state index contributed by atoms with van der Waals surface area (Å²) in [6, 6.07) is 8.27. The average Bonchev–Trinajstić information content (AvgIpc) is 3.07. The maximum Gasteiger partial charge on any atom is 0.117 e. The van der Waals surface area contributed by atoms with Crippen LogP contribution >= 0.6 is 0 Å². The third-order valence-corrected chi connectivity index (χ3v) is 5.55. The van der Waals surface area contributed by atoms with E-state index in [0.29, 0.717) is 5.41 Å². The molecule has 0 aromatic carbocycles. The summed E-state index contributed by atoms with van der Waals surface area (Å²) in [5, 5.41) is 0. The third kappa shape index (κ3) is 4.29. The monoisotopic (exact) mass is 341 g/mol. The SMILES string of the molecule is c1coc(CN2CCC3(CC2)COCCN(Cc2ccncc2)C3)c1. The van der Waals surface area contributed by atoms with Gasteiger partial charge in [0, 0.05) is 37.4 Å². The summed E-state index contributed by atoms with van der Waals surface area (Å²) in [4.78, 5) is 9.18. The standard InChI is InChI=1S/C20H27N3O2/c1-2-19(25-12-1)15-22-9-5-20(6-10-22)16-23(11-13-24-17-20)14-18-3-7-21-8-4-18/h1-4,7-8,12H,5-6,9-11,13-17H2. The van der Waals surface area contributed by atoms with Crippen LogP contribution in [0.4, 0.5) is 0 Å². The van der Waals surface area contributed by atoms with Crippen LogP contribution in [0.5, 0.6) is 0 Å². The van der Waals surface area contributed by atoms with E-state index < -0.39 is 0 Å². The predicted molar refractivity (Wildman–Crippen MR) is 96.0 cm³/mol. The summed E-state index contributed by atoms with van der Waals surface area (Å²) >= 11 is 0. The van der Waals surface area contributed by atoms with Crippen LogP contribution in [0.2, 0.25) is 0 Å². The lowest BCUT2D eigenvalue weighted by Crippen LogP contribution is -2.46. The Hall–Kier alpha value is -1.69. The highest BCUT2D eigenvalue weighted by Crippen LogP contribution is 2.35. The molecule has 0 radical (unpaired) electrons. The fourth-order valence-electron chi connectivity index (χ4n) is 4.07. The Bertz CT molecular complexity index is 636. The summed E-state index contributed by atoms with van der Waals surface area (Å²) in [6.45, 7) is 8.02. The molecule has 5 nitrogen and oxygen atoms in total. The number of nitrogens with zero attached hydrogens (tertiary/aromatic N) is 3. The van der Waals surface area contributed by atoms with Crippen LogP contribution in [0, 0.1) is 5.41 Å². The van der Waals surface area contributed by atoms with Gasteiger partial charge in [-0.2, -0.15) is 0 Å². The molecule has 0 bridgehead atoms. The number of hydrogen-bond acceptors (Lipinski definition) is 5. The lowest BCUT2D eigenvalue weighted by Gasteiger charge is -2.42. The van der Waals surface area contributed by atoms with Crippen LogP contribution in [0.3, 0.4) is 0 Å². The third-order valence-electron chi connectivity index (χ3n) is 5.55. The van der Waals surface area contributed by atoms with E-state index in [-0.39, 0.29) is 0 Å². The van der Waals surface area contributed by atoms with Crippen LogP contribution in [-0.2, 0) is 17.8 Å². The Balaban J connectivity index is 1.36. The fourth-order valence-corrected chi connectivity index (χ4v) is 4.07. The first-order chi connectivity index (χ1) is 12.3. The maximum atomic E-state index is 6.01. The number of furan rings is 1. The quantitative estimate of drug-likeness (QED) is 0.855. The van der Waals surface area contributed by atoms with E-state index in [9.17, 15) is 0 Å². The van der Waals surface area contributed by atoms with E-state index in [1.165, 1.54) is 18.4 Å². The van der Waals surface area contributed by atoms with Crippen LogP contribution < -0.4 is 0 Å². The van der Waals surface area contributed by atoms with E-state index in [2.05, 4.69) is 33.0 Å². The highest BCUT2D eigenvalue weighted by Gasteiger charge is 2.38. The van der Waals surface area contributed by atoms with Crippen molar-refractivity contribution >= 4 is 0 Å². The maximum absolute atomic E-state index is 6.01. The molecule has 2 fully saturated rings. The minimum Gasteiger partial charge on any atom is -0.468 e. The van der Waals surface area contributed by atoms with E-state index in [0.717, 1.165) is 58.2 Å². The van der Waals surface area contributed by atoms with Crippen molar-refractivity contribution in [3.05, 3.63) is 54.2 Å². The molecular weight excluding hydrogens is 314 g/mol. The van der Waals surface area contributed by atoms with Crippen molar-refractivity contribution in [1.82, 2.24) is 14.8 Å². The number of hydrogen-bond donors (Lipinski definition) is 0. The molecule has 2 aliphatic rings. The van der Waals surface area contributed by atoms with Gasteiger partial charge >= 0.3 is 0 Å². The second-order valence-electron chi connectivity index (χ2n) is 7.47. The van der Waals surface area contributed by atoms with Gasteiger partial charge in [0.15, 0.2) is 0 Å². The number of likely N-dealkylation sites (tertiary alicyclic amines) is 1. The molecule has 1 spiro atoms. The molecule has 2 aliphatic heterocycles. The van der Waals surface area contributed by atoms with Crippen LogP contribution in [0.1, 0.15) is 24.2 Å². The van der Waals surface area contributed by atoms with Gasteiger partial charge in [0.05, 0.1) is 26.0 Å². The number of rotatable bonds is 4. The summed E-state index contributed by atoms with van der Waals surface area (Å²) in [5.74, 6) is 1.06. The highest BCUT2D eigenvalue weighted by molar-refractivity contribution is 5.09. The van der Waals surface area contributed by atoms with Crippen LogP contribution in [0.15, 0.2) is 47.3 Å². The van der Waals surface area contributed by atoms with Gasteiger partial charge < -0.3 is 9.15 Å². The highest BCUT2D eigenvalue weighted by atomic mass is 16.5. The summed E-state index contributed by atoms with van der Waals surface area (Å²) in [5.41, 5.74) is 1.63. The van der Waals surface area contributed by atoms with Gasteiger partial charge in [0.25, 0.3) is 0 Å². The van der Waals surface area contributed by atoms with Crippen molar-refractivity contribution in [2.24, 2.45) is 5.41 Å². The molecule has 0 N–H and O–H groups in total. The Morgan fingerprint density at radius 2 is 1.84 bits per heavy atom. The smallest absolute Gasteiger partial charge is 0.117 e. The van der Waals surface area contributed by atoms with Crippen molar-refractivity contribution in [1.29, 1.82) is 0 Å². The molecule has 2 saturated heterocycles. The first-order valence-corrected chi connectivity index (χ1v) is 9.25. The molecule has 0 amide bonds. The van der Waals surface area contributed by atoms with Gasteiger partial charge in [-0.15, -0.1) is 0 Å². The van der Waals surface area contributed by atoms with Crippen molar-refractivity contribution in [3.63, 3.8) is 0 Å². The topological polar surface area (TPSA) is 41.7 Å². The van der Waals surface area contributed by atoms with E-state index in [1.54, 1.807) is 6.26 Å². The first kappa shape index (κ1) is 16.8. The predicted octanol–water partition coefficient (Wildman–Crippen LogP) is 2.79. The number of aromatic nitrogens is 1. The van der Waals surface area contributed by atoms with Gasteiger partial charge in [-0.25, -0.2) is 0 Å². The molecule has 2 aromatic heterocycles. The minimum absolute atomic E-state index is 0.295. The molecule has 0 aliphatic carbocycles. The molecule has 4 rings (SSSR count). The molecular formula is C20H27N3O2. The van der Waals surface area contributed by atoms with Crippen LogP contribution in [0.25, 0.3) is 0 Å². The normalized spacial score (nSPS) is 22.1. The number of ether oxygens (including phenoxy) is 1. The molecule has 134 valence electrons. The average molecular weight is 341 g/mol. The van der Waals surface area contributed by atoms with Gasteiger partial charge in [-0.05, 0) is 55.8 Å². The summed E-state index contributed by atoms with van der Waals surface area (Å²) in [7, 11) is 0. The molecule has 4 heterocycles. The van der Waals surface area contributed by atoms with Crippen LogP contribution in [-0.4, -0.2) is 54.2 Å². The zero-order chi connectivity index (χ0) is 17.0. The van der Waals surface area contributed by atoms with E-state index in [4.69, 9.17) is 9.15 Å². The zero-order valence-corrected chi connectivity index (χ0v) is 14.8. The lowest BCUT2D eigenvalue weighted by atomic mass is 9.78. The molecule has 5 heteroatoms. The van der Waals surface area contributed by atoms with Gasteiger partial charge in [-0.1, -0.05) is 0 Å². The number of piperidine rings is 1. The Morgan fingerprint density at radius 1 is 1.00 bits per heavy atom. The van der Waals surface area contributed by atoms with Gasteiger partial charge in [0.1, 0.15) is 5.76 Å². The van der Waals surface area contributed by atoms with Crippen molar-refractivity contribution in [3.8, 4) is 0 Å². The lowest BCUT2D eigenvalue weighted by molar-refractivity contribution is 0.0111. The molecule has 2 aromatic rings. The Morgan fingerprint density at radius 3 is 2.60 bits per heavy atom. The first-order valence-electron chi connectivity index (χ1n) is 9.25. The van der Waals surface area contributed by atoms with Crippen molar-refractivity contribution in [2.75, 3.05) is 39.4 Å². The van der Waals surface area contributed by atoms with Crippen molar-refractivity contribution < 1.29 is 9.15 Å². The second kappa shape index (κ2) is 7.68. The Kier molecular flexibility index (Phi) is 5.15. The largest absolute Gasteiger partial charge is 0.468 e. The zero-order valence-electron chi connectivity index (χ0n) is 14.8. The second-order valence-corrected chi connectivity index (χ2v) is 7.47. The van der Waals surface area contributed by atoms with E-state index in [1.807, 2.05) is 18.5 Å². The van der Waals surface area contributed by atoms with Gasteiger partial charge in [0.2, 0.25) is 0 Å². The fraction of sp³-hybridized carbons (Fsp3) is 0.550. The van der Waals surface area contributed by atoms with E-state index >= 15 is 0 Å². The molecule has 0 atom stereocenters. The molecule has 0 unspecified atom stereocenters. The van der Waals surface area contributed by atoms with Gasteiger partial charge in [-0.3, -0.25) is 14.8 Å². The minimum atomic E-state index is 0.295. The van der Waals surface area contributed by atoms with Crippen molar-refractivity contribution in [2.45, 2.75) is 25.9 Å². The molecule has 25 heavy (non-hydrogen) atoms. The number of pyridine rings is 1. The summed E-state index contributed by atoms with van der Waals surface area (Å²) in [6.07, 6.45) is 7.91. The molecule has 0 saturated carbocycles.